The average Bonchev–Trinajstić information content (AvgIpc) is 2.81. The smallest absolute Gasteiger partial charge is 0.418 e. The molecule has 1 fully saturated rings. The van der Waals surface area contributed by atoms with Crippen LogP contribution in [0.2, 0.25) is 0 Å². The first-order chi connectivity index (χ1) is 15.3. The van der Waals surface area contributed by atoms with Crippen molar-refractivity contribution in [3.63, 3.8) is 0 Å². The van der Waals surface area contributed by atoms with E-state index in [4.69, 9.17) is 13.6 Å². The molecular weight excluding hydrogens is 403 g/mol. The molecule has 0 aliphatic heterocycles. The number of aryl methyl sites for hydroxylation is 1. The maximum absolute atomic E-state index is 6.27. The lowest BCUT2D eigenvalue weighted by atomic mass is 9.98. The van der Waals surface area contributed by atoms with Gasteiger partial charge in [0.05, 0.1) is 6.10 Å². The van der Waals surface area contributed by atoms with Crippen molar-refractivity contribution in [2.45, 2.75) is 96.5 Å². The number of hydrogen-bond donors (Lipinski definition) is 0. The molecule has 0 aromatic heterocycles. The van der Waals surface area contributed by atoms with Crippen molar-refractivity contribution < 1.29 is 13.6 Å². The van der Waals surface area contributed by atoms with Crippen LogP contribution in [0.1, 0.15) is 89.5 Å². The molecule has 0 saturated heterocycles. The fourth-order valence-corrected chi connectivity index (χ4v) is 5.18. The molecule has 0 heterocycles. The number of unbranched alkanes of at least 4 members (excludes halogenated alkanes) is 6. The van der Waals surface area contributed by atoms with E-state index in [-0.39, 0.29) is 6.10 Å². The predicted octanol–water partition coefficient (Wildman–Crippen LogP) is 9.01. The summed E-state index contributed by atoms with van der Waals surface area (Å²) < 4.78 is 18.5. The highest BCUT2D eigenvalue weighted by Crippen LogP contribution is 2.44. The predicted molar refractivity (Wildman–Crippen MR) is 131 cm³/mol. The third-order valence-electron chi connectivity index (χ3n) is 5.88. The van der Waals surface area contributed by atoms with Gasteiger partial charge in [0, 0.05) is 0 Å². The van der Waals surface area contributed by atoms with Gasteiger partial charge in [-0.15, -0.1) is 0 Å². The lowest BCUT2D eigenvalue weighted by molar-refractivity contribution is 0.138. The average molecular weight is 443 g/mol. The minimum Gasteiger partial charge on any atom is -0.418 e. The molecule has 1 atom stereocenters. The molecule has 3 nitrogen and oxygen atoms in total. The van der Waals surface area contributed by atoms with Crippen LogP contribution in [0.3, 0.4) is 0 Å². The van der Waals surface area contributed by atoms with Gasteiger partial charge in [-0.3, -0.25) is 4.52 Å². The van der Waals surface area contributed by atoms with Gasteiger partial charge < -0.3 is 9.05 Å². The fourth-order valence-electron chi connectivity index (χ4n) is 4.01. The van der Waals surface area contributed by atoms with Crippen molar-refractivity contribution in [3.05, 3.63) is 60.2 Å². The normalized spacial score (nSPS) is 15.5. The van der Waals surface area contributed by atoms with E-state index in [2.05, 4.69) is 31.2 Å². The van der Waals surface area contributed by atoms with Gasteiger partial charge in [-0.05, 0) is 55.5 Å². The van der Waals surface area contributed by atoms with Crippen LogP contribution >= 0.6 is 8.60 Å². The Labute approximate surface area is 190 Å². The van der Waals surface area contributed by atoms with Crippen molar-refractivity contribution in [1.82, 2.24) is 0 Å². The molecule has 3 rings (SSSR count). The van der Waals surface area contributed by atoms with Crippen molar-refractivity contribution in [1.29, 1.82) is 0 Å². The second-order valence-electron chi connectivity index (χ2n) is 8.60. The minimum atomic E-state index is -1.47. The summed E-state index contributed by atoms with van der Waals surface area (Å²) in [6, 6.07) is 18.3. The molecule has 1 saturated carbocycles. The summed E-state index contributed by atoms with van der Waals surface area (Å²) in [6.45, 7) is 2.27. The van der Waals surface area contributed by atoms with Crippen LogP contribution in [0.4, 0.5) is 0 Å². The molecule has 170 valence electrons. The Balaban J connectivity index is 1.47. The first kappa shape index (κ1) is 24.1. The van der Waals surface area contributed by atoms with Gasteiger partial charge in [0.1, 0.15) is 11.5 Å². The highest BCUT2D eigenvalue weighted by Gasteiger charge is 2.24. The molecule has 2 aromatic carbocycles. The highest BCUT2D eigenvalue weighted by molar-refractivity contribution is 7.42. The first-order valence-electron chi connectivity index (χ1n) is 12.3. The van der Waals surface area contributed by atoms with Crippen LogP contribution in [-0.4, -0.2) is 6.10 Å². The topological polar surface area (TPSA) is 27.7 Å². The van der Waals surface area contributed by atoms with Crippen LogP contribution in [0.25, 0.3) is 0 Å². The van der Waals surface area contributed by atoms with E-state index in [1.54, 1.807) is 0 Å². The molecular formula is C27H39O3P. The molecule has 1 aliphatic carbocycles. The van der Waals surface area contributed by atoms with Crippen LogP contribution in [-0.2, 0) is 10.9 Å². The lowest BCUT2D eigenvalue weighted by Gasteiger charge is -2.25. The van der Waals surface area contributed by atoms with Gasteiger partial charge in [-0.1, -0.05) is 95.0 Å². The summed E-state index contributed by atoms with van der Waals surface area (Å²) in [5.74, 6) is 1.61. The number of benzene rings is 2. The third kappa shape index (κ3) is 9.62. The van der Waals surface area contributed by atoms with Gasteiger partial charge >= 0.3 is 8.60 Å². The zero-order valence-corrected chi connectivity index (χ0v) is 20.0. The Morgan fingerprint density at radius 3 is 2.00 bits per heavy atom. The summed E-state index contributed by atoms with van der Waals surface area (Å²) in [5.41, 5.74) is 1.38. The molecule has 0 amide bonds. The first-order valence-corrected chi connectivity index (χ1v) is 13.4. The van der Waals surface area contributed by atoms with E-state index in [1.165, 1.54) is 69.8 Å². The minimum absolute atomic E-state index is 0.236. The van der Waals surface area contributed by atoms with Crippen LogP contribution in [0, 0.1) is 0 Å². The monoisotopic (exact) mass is 442 g/mol. The summed E-state index contributed by atoms with van der Waals surface area (Å²) in [6.07, 6.45) is 16.7. The number of rotatable bonds is 14. The van der Waals surface area contributed by atoms with Gasteiger partial charge in [-0.25, -0.2) is 0 Å². The van der Waals surface area contributed by atoms with Crippen LogP contribution in [0.5, 0.6) is 11.5 Å². The van der Waals surface area contributed by atoms with Gasteiger partial charge in [0.15, 0.2) is 0 Å². The fraction of sp³-hybridized carbons (Fsp3) is 0.556. The van der Waals surface area contributed by atoms with E-state index in [1.807, 2.05) is 30.3 Å². The van der Waals surface area contributed by atoms with E-state index in [9.17, 15) is 0 Å². The van der Waals surface area contributed by atoms with E-state index in [0.29, 0.717) is 0 Å². The Bertz CT molecular complexity index is 698. The van der Waals surface area contributed by atoms with Crippen molar-refractivity contribution in [2.75, 3.05) is 0 Å². The molecule has 0 radical (unpaired) electrons. The van der Waals surface area contributed by atoms with E-state index in [0.717, 1.165) is 30.8 Å². The Kier molecular flexibility index (Phi) is 11.3. The van der Waals surface area contributed by atoms with Gasteiger partial charge in [-0.2, -0.15) is 0 Å². The summed E-state index contributed by atoms with van der Waals surface area (Å²) in [5, 5.41) is 0. The maximum atomic E-state index is 6.27. The Morgan fingerprint density at radius 1 is 0.710 bits per heavy atom. The largest absolute Gasteiger partial charge is 0.463 e. The molecule has 0 spiro atoms. The molecule has 31 heavy (non-hydrogen) atoms. The van der Waals surface area contributed by atoms with Crippen LogP contribution < -0.4 is 9.05 Å². The SMILES string of the molecule is CCCCCCCCCc1ccc(OP(Oc2ccccc2)OC2CCCCC2)cc1. The van der Waals surface area contributed by atoms with Crippen molar-refractivity contribution in [3.8, 4) is 11.5 Å². The lowest BCUT2D eigenvalue weighted by Crippen LogP contribution is -2.16. The molecule has 0 N–H and O–H groups in total. The Morgan fingerprint density at radius 2 is 1.32 bits per heavy atom. The van der Waals surface area contributed by atoms with Crippen molar-refractivity contribution >= 4 is 8.60 Å². The maximum Gasteiger partial charge on any atom is 0.463 e. The van der Waals surface area contributed by atoms with Gasteiger partial charge in [0.2, 0.25) is 0 Å². The zero-order chi connectivity index (χ0) is 21.6. The number of hydrogen-bond acceptors (Lipinski definition) is 3. The van der Waals surface area contributed by atoms with E-state index >= 15 is 0 Å². The highest BCUT2D eigenvalue weighted by atomic mass is 31.2. The summed E-state index contributed by atoms with van der Waals surface area (Å²) in [7, 11) is -1.47. The van der Waals surface area contributed by atoms with Crippen LogP contribution in [0.15, 0.2) is 54.6 Å². The standard InChI is InChI=1S/C27H39O3P/c1-2-3-4-5-6-7-10-15-24-20-22-27(23-21-24)30-31(28-25-16-11-8-12-17-25)29-26-18-13-9-14-19-26/h8,11-12,16-17,20-23,26H,2-7,9-10,13-15,18-19H2,1H3. The quantitative estimate of drug-likeness (QED) is 0.216. The molecule has 2 aromatic rings. The summed E-state index contributed by atoms with van der Waals surface area (Å²) >= 11 is 0. The van der Waals surface area contributed by atoms with E-state index < -0.39 is 8.60 Å². The number of para-hydroxylation sites is 1. The Hall–Kier alpha value is -1.57. The molecule has 4 heteroatoms. The molecule has 1 aliphatic rings. The molecule has 0 bridgehead atoms. The van der Waals surface area contributed by atoms with Gasteiger partial charge in [0.25, 0.3) is 0 Å². The second-order valence-corrected chi connectivity index (χ2v) is 9.62. The molecule has 1 unspecified atom stereocenters. The third-order valence-corrected chi connectivity index (χ3v) is 7.07. The second kappa shape index (κ2) is 14.5. The summed E-state index contributed by atoms with van der Waals surface area (Å²) in [4.78, 5) is 0. The zero-order valence-electron chi connectivity index (χ0n) is 19.1. The van der Waals surface area contributed by atoms with Crippen molar-refractivity contribution in [2.24, 2.45) is 0 Å².